The van der Waals surface area contributed by atoms with Gasteiger partial charge in [0.2, 0.25) is 0 Å². The summed E-state index contributed by atoms with van der Waals surface area (Å²) in [5.41, 5.74) is 8.72. The van der Waals surface area contributed by atoms with Gasteiger partial charge in [0, 0.05) is 26.0 Å². The van der Waals surface area contributed by atoms with Crippen LogP contribution in [0.25, 0.3) is 0 Å². The first-order valence-electron chi connectivity index (χ1n) is 5.42. The Morgan fingerprint density at radius 1 is 1.38 bits per heavy atom. The maximum Gasteiger partial charge on any atom is 0.0662 e. The van der Waals surface area contributed by atoms with Crippen molar-refractivity contribution in [1.82, 2.24) is 5.73 Å². The predicted octanol–water partition coefficient (Wildman–Crippen LogP) is 2.37. The summed E-state index contributed by atoms with van der Waals surface area (Å²) in [5, 5.41) is 8.58. The summed E-state index contributed by atoms with van der Waals surface area (Å²) in [4.78, 5) is 0. The summed E-state index contributed by atoms with van der Waals surface area (Å²) < 4.78 is 5.39. The molecule has 2 atom stereocenters. The Labute approximate surface area is 96.8 Å². The highest BCUT2D eigenvalue weighted by Crippen LogP contribution is 2.23. The number of ether oxygens (including phenoxy) is 1. The molecule has 0 aromatic heterocycles. The molecule has 0 spiro atoms. The third-order valence-electron chi connectivity index (χ3n) is 2.74. The van der Waals surface area contributed by atoms with Gasteiger partial charge in [0.05, 0.1) is 12.2 Å². The van der Waals surface area contributed by atoms with E-state index in [1.807, 2.05) is 30.3 Å². The van der Waals surface area contributed by atoms with Crippen LogP contribution in [0.3, 0.4) is 0 Å². The number of hydrogen-bond donors (Lipinski definition) is 0. The van der Waals surface area contributed by atoms with E-state index in [-0.39, 0.29) is 18.6 Å². The van der Waals surface area contributed by atoms with E-state index < -0.39 is 0 Å². The molecule has 16 heavy (non-hydrogen) atoms. The molecule has 3 nitrogen and oxygen atoms in total. The van der Waals surface area contributed by atoms with E-state index in [1.54, 1.807) is 7.11 Å². The first-order valence-corrected chi connectivity index (χ1v) is 5.42. The van der Waals surface area contributed by atoms with Crippen molar-refractivity contribution in [2.45, 2.75) is 24.9 Å². The Hall–Kier alpha value is -1.37. The van der Waals surface area contributed by atoms with Crippen molar-refractivity contribution in [2.24, 2.45) is 0 Å². The van der Waals surface area contributed by atoms with Gasteiger partial charge in [-0.15, -0.1) is 0 Å². The molecule has 0 aliphatic heterocycles. The average molecular weight is 217 g/mol. The fraction of sp³-hybridized carbons (Fsp3) is 0.462. The second-order valence-electron chi connectivity index (χ2n) is 3.69. The van der Waals surface area contributed by atoms with Crippen LogP contribution in [0.15, 0.2) is 30.3 Å². The van der Waals surface area contributed by atoms with E-state index in [2.05, 4.69) is 6.07 Å². The van der Waals surface area contributed by atoms with Gasteiger partial charge in [0.1, 0.15) is 0 Å². The lowest BCUT2D eigenvalue weighted by Gasteiger charge is -2.24. The molecule has 1 N–H and O–H groups in total. The number of hydrogen-bond acceptors (Lipinski definition) is 2. The smallest absolute Gasteiger partial charge is 0.0662 e. The molecular weight excluding hydrogens is 200 g/mol. The molecule has 0 aliphatic rings. The molecule has 0 saturated heterocycles. The highest BCUT2D eigenvalue weighted by atomic mass is 16.5. The number of benzene rings is 1. The summed E-state index contributed by atoms with van der Waals surface area (Å²) in [5.74, 6) is 0.0551. The molecule has 85 valence electrons. The Morgan fingerprint density at radius 3 is 2.56 bits per heavy atom. The number of methoxy groups -OCH3 is 1. The van der Waals surface area contributed by atoms with Gasteiger partial charge in [-0.3, -0.25) is 5.73 Å². The number of rotatable bonds is 6. The fourth-order valence-corrected chi connectivity index (χ4v) is 1.85. The third kappa shape index (κ3) is 3.34. The standard InChI is InChI=1S/C13H17N2O/c1-16-13(8-5-9-14)12(10-15)11-6-3-2-4-7-11/h2-4,6-7,12-13,15H,5,8,10H2,1H3. The molecule has 0 bridgehead atoms. The first-order chi connectivity index (χ1) is 7.83. The van der Waals surface area contributed by atoms with E-state index in [1.165, 1.54) is 0 Å². The molecule has 1 aromatic rings. The number of nitrogens with zero attached hydrogens (tertiary/aromatic N) is 1. The topological polar surface area (TPSA) is 56.8 Å². The third-order valence-corrected chi connectivity index (χ3v) is 2.74. The van der Waals surface area contributed by atoms with Crippen molar-refractivity contribution in [3.8, 4) is 6.07 Å². The van der Waals surface area contributed by atoms with E-state index in [4.69, 9.17) is 15.7 Å². The van der Waals surface area contributed by atoms with Crippen molar-refractivity contribution in [1.29, 1.82) is 5.26 Å². The fourth-order valence-electron chi connectivity index (χ4n) is 1.85. The lowest BCUT2D eigenvalue weighted by atomic mass is 9.91. The number of nitriles is 1. The van der Waals surface area contributed by atoms with Crippen molar-refractivity contribution < 1.29 is 4.74 Å². The Balaban J connectivity index is 2.76. The van der Waals surface area contributed by atoms with Crippen LogP contribution in [0.4, 0.5) is 0 Å². The lowest BCUT2D eigenvalue weighted by molar-refractivity contribution is 0.0744. The summed E-state index contributed by atoms with van der Waals surface area (Å²) in [6, 6.07) is 12.0. The molecule has 0 aliphatic carbocycles. The molecule has 1 rings (SSSR count). The first kappa shape index (κ1) is 12.7. The van der Waals surface area contributed by atoms with Crippen LogP contribution in [0.5, 0.6) is 0 Å². The maximum absolute atomic E-state index is 8.58. The van der Waals surface area contributed by atoms with Gasteiger partial charge in [-0.25, -0.2) is 0 Å². The Morgan fingerprint density at radius 2 is 2.06 bits per heavy atom. The summed E-state index contributed by atoms with van der Waals surface area (Å²) in [6.07, 6.45) is 1.12. The molecule has 0 heterocycles. The molecule has 0 fully saturated rings. The van der Waals surface area contributed by atoms with Crippen molar-refractivity contribution in [3.63, 3.8) is 0 Å². The minimum Gasteiger partial charge on any atom is -0.381 e. The van der Waals surface area contributed by atoms with Crippen LogP contribution < -0.4 is 5.73 Å². The van der Waals surface area contributed by atoms with E-state index in [0.29, 0.717) is 12.8 Å². The van der Waals surface area contributed by atoms with E-state index in [9.17, 15) is 0 Å². The van der Waals surface area contributed by atoms with Crippen LogP contribution >= 0.6 is 0 Å². The van der Waals surface area contributed by atoms with Crippen molar-refractivity contribution >= 4 is 0 Å². The van der Waals surface area contributed by atoms with Gasteiger partial charge in [0.25, 0.3) is 0 Å². The SMILES string of the molecule is COC(CCC#N)C(C[NH])c1ccccc1. The minimum absolute atomic E-state index is 0.0421. The summed E-state index contributed by atoms with van der Waals surface area (Å²) >= 11 is 0. The molecule has 0 saturated carbocycles. The quantitative estimate of drug-likeness (QED) is 0.734. The summed E-state index contributed by atoms with van der Waals surface area (Å²) in [6.45, 7) is 0.286. The van der Waals surface area contributed by atoms with Crippen LogP contribution in [0.1, 0.15) is 24.3 Å². The average Bonchev–Trinajstić information content (AvgIpc) is 2.35. The molecular formula is C13H17N2O. The van der Waals surface area contributed by atoms with Gasteiger partial charge in [-0.05, 0) is 12.0 Å². The zero-order valence-electron chi connectivity index (χ0n) is 9.52. The Bertz CT molecular complexity index is 332. The van der Waals surface area contributed by atoms with E-state index >= 15 is 0 Å². The second kappa shape index (κ2) is 7.00. The van der Waals surface area contributed by atoms with Gasteiger partial charge < -0.3 is 4.74 Å². The van der Waals surface area contributed by atoms with Gasteiger partial charge in [-0.1, -0.05) is 30.3 Å². The molecule has 1 radical (unpaired) electrons. The maximum atomic E-state index is 8.58. The molecule has 1 aromatic carbocycles. The monoisotopic (exact) mass is 217 g/mol. The zero-order valence-corrected chi connectivity index (χ0v) is 9.52. The van der Waals surface area contributed by atoms with Gasteiger partial charge in [-0.2, -0.15) is 5.26 Å². The van der Waals surface area contributed by atoms with Crippen LogP contribution in [0, 0.1) is 11.3 Å². The molecule has 2 unspecified atom stereocenters. The lowest BCUT2D eigenvalue weighted by Crippen LogP contribution is -2.24. The zero-order chi connectivity index (χ0) is 11.8. The van der Waals surface area contributed by atoms with Crippen LogP contribution in [0.2, 0.25) is 0 Å². The largest absolute Gasteiger partial charge is 0.381 e. The number of nitrogens with one attached hydrogen (secondary N) is 1. The minimum atomic E-state index is -0.0421. The van der Waals surface area contributed by atoms with Crippen LogP contribution in [-0.4, -0.2) is 19.8 Å². The van der Waals surface area contributed by atoms with Gasteiger partial charge >= 0.3 is 0 Å². The van der Waals surface area contributed by atoms with Crippen molar-refractivity contribution in [2.75, 3.05) is 13.7 Å². The van der Waals surface area contributed by atoms with Crippen molar-refractivity contribution in [3.05, 3.63) is 35.9 Å². The highest BCUT2D eigenvalue weighted by Gasteiger charge is 2.21. The molecule has 3 heteroatoms. The highest BCUT2D eigenvalue weighted by molar-refractivity contribution is 5.21. The normalized spacial score (nSPS) is 14.1. The van der Waals surface area contributed by atoms with Crippen LogP contribution in [-0.2, 0) is 4.74 Å². The predicted molar refractivity (Wildman–Crippen MR) is 62.8 cm³/mol. The molecule has 0 amide bonds. The van der Waals surface area contributed by atoms with E-state index in [0.717, 1.165) is 5.56 Å². The second-order valence-corrected chi connectivity index (χ2v) is 3.69. The Kier molecular flexibility index (Phi) is 5.55. The summed E-state index contributed by atoms with van der Waals surface area (Å²) in [7, 11) is 1.65. The van der Waals surface area contributed by atoms with Gasteiger partial charge in [0.15, 0.2) is 0 Å².